The molecule has 8 aromatic rings. The fourth-order valence-corrected chi connectivity index (χ4v) is 7.07. The van der Waals surface area contributed by atoms with Gasteiger partial charge in [-0.3, -0.25) is 0 Å². The summed E-state index contributed by atoms with van der Waals surface area (Å²) in [6.45, 7) is 5.04. The lowest BCUT2D eigenvalue weighted by Gasteiger charge is -2.15. The number of ether oxygens (including phenoxy) is 1. The van der Waals surface area contributed by atoms with Gasteiger partial charge in [-0.25, -0.2) is 0 Å². The van der Waals surface area contributed by atoms with E-state index in [1.54, 1.807) is 0 Å². The molecule has 1 aliphatic heterocycles. The Morgan fingerprint density at radius 1 is 0.522 bits per heavy atom. The normalized spacial score (nSPS) is 15.2. The third-order valence-corrected chi connectivity index (χ3v) is 9.13. The Hall–Kier alpha value is -6.06. The molecule has 0 radical (unpaired) electrons. The van der Waals surface area contributed by atoms with Crippen LogP contribution in [0.15, 0.2) is 164 Å². The molecule has 3 nitrogen and oxygen atoms in total. The zero-order chi connectivity index (χ0) is 30.6. The van der Waals surface area contributed by atoms with E-state index in [9.17, 15) is 0 Å². The van der Waals surface area contributed by atoms with E-state index in [4.69, 9.17) is 4.74 Å². The maximum absolute atomic E-state index is 6.30. The van der Waals surface area contributed by atoms with Gasteiger partial charge in [-0.2, -0.15) is 0 Å². The number of para-hydroxylation sites is 4. The molecular weight excluding hydrogens is 560 g/mol. The molecule has 0 saturated carbocycles. The highest BCUT2D eigenvalue weighted by Crippen LogP contribution is 2.37. The predicted octanol–water partition coefficient (Wildman–Crippen LogP) is 10.9. The minimum Gasteiger partial charge on any atom is -0.489 e. The number of hydrogen-bond donors (Lipinski definition) is 0. The average Bonchev–Trinajstić information content (AvgIpc) is 3.64. The summed E-state index contributed by atoms with van der Waals surface area (Å²) in [7, 11) is 0. The Kier molecular flexibility index (Phi) is 6.04. The first-order valence-corrected chi connectivity index (χ1v) is 15.7. The van der Waals surface area contributed by atoms with Crippen molar-refractivity contribution in [3.05, 3.63) is 175 Å². The second-order valence-electron chi connectivity index (χ2n) is 11.8. The zero-order valence-electron chi connectivity index (χ0n) is 25.2. The molecule has 3 heteroatoms. The van der Waals surface area contributed by atoms with Gasteiger partial charge in [-0.05, 0) is 83.5 Å². The van der Waals surface area contributed by atoms with Crippen LogP contribution >= 0.6 is 0 Å². The quantitative estimate of drug-likeness (QED) is 0.200. The van der Waals surface area contributed by atoms with Crippen LogP contribution in [-0.4, -0.2) is 15.7 Å². The molecule has 1 aliphatic rings. The molecule has 6 aromatic carbocycles. The van der Waals surface area contributed by atoms with Crippen molar-refractivity contribution in [3.8, 4) is 17.1 Å². The van der Waals surface area contributed by atoms with Crippen LogP contribution in [0, 0.1) is 0 Å². The van der Waals surface area contributed by atoms with E-state index in [0.717, 1.165) is 39.4 Å². The molecule has 0 aliphatic carbocycles. The molecule has 2 aromatic heterocycles. The topological polar surface area (TPSA) is 19.1 Å². The molecule has 3 heterocycles. The predicted molar refractivity (Wildman–Crippen MR) is 193 cm³/mol. The molecule has 0 atom stereocenters. The number of rotatable bonds is 3. The minimum atomic E-state index is 0.471. The van der Waals surface area contributed by atoms with Crippen molar-refractivity contribution < 1.29 is 4.74 Å². The highest BCUT2D eigenvalue weighted by atomic mass is 16.5. The standard InChI is InChI=1S/C43H30N2O/c1-29-26-30(31-12-10-14-32(27-31)44-39-19-6-2-15-34(39)35-16-3-7-20-40(35)44)13-11-25-46-43-24-23-33(28-38(29)43)45-41-21-8-4-17-36(41)37-18-5-9-22-42(37)45/h2-24,26-28H,1,25H2/b13-11-,30-26+. The van der Waals surface area contributed by atoms with E-state index in [1.807, 2.05) is 0 Å². The van der Waals surface area contributed by atoms with Crippen LogP contribution in [0.5, 0.6) is 5.75 Å². The molecule has 9 rings (SSSR count). The summed E-state index contributed by atoms with van der Waals surface area (Å²) in [5, 5.41) is 5.00. The van der Waals surface area contributed by atoms with Gasteiger partial charge in [0.25, 0.3) is 0 Å². The van der Waals surface area contributed by atoms with Gasteiger partial charge in [-0.15, -0.1) is 0 Å². The van der Waals surface area contributed by atoms with Crippen molar-refractivity contribution in [2.75, 3.05) is 6.61 Å². The fraction of sp³-hybridized carbons (Fsp3) is 0.0233. The van der Waals surface area contributed by atoms with Crippen LogP contribution in [0.3, 0.4) is 0 Å². The summed E-state index contributed by atoms with van der Waals surface area (Å²) in [5.41, 5.74) is 11.1. The average molecular weight is 591 g/mol. The van der Waals surface area contributed by atoms with E-state index < -0.39 is 0 Å². The van der Waals surface area contributed by atoms with Gasteiger partial charge < -0.3 is 13.9 Å². The summed E-state index contributed by atoms with van der Waals surface area (Å²) in [5.74, 6) is 0.829. The highest BCUT2D eigenvalue weighted by molar-refractivity contribution is 6.10. The lowest BCUT2D eigenvalue weighted by molar-refractivity contribution is 0.362. The maximum Gasteiger partial charge on any atom is 0.127 e. The molecule has 0 unspecified atom stereocenters. The Bertz CT molecular complexity index is 2450. The number of benzene rings is 6. The maximum atomic E-state index is 6.30. The second-order valence-corrected chi connectivity index (χ2v) is 11.8. The third kappa shape index (κ3) is 4.13. The molecule has 0 bridgehead atoms. The summed E-state index contributed by atoms with van der Waals surface area (Å²) >= 11 is 0. The lowest BCUT2D eigenvalue weighted by Crippen LogP contribution is -1.99. The Morgan fingerprint density at radius 3 is 1.61 bits per heavy atom. The molecular formula is C43H30N2O. The largest absolute Gasteiger partial charge is 0.489 e. The first kappa shape index (κ1) is 26.4. The van der Waals surface area contributed by atoms with E-state index in [1.165, 1.54) is 43.6 Å². The Balaban J connectivity index is 1.17. The van der Waals surface area contributed by atoms with E-state index in [0.29, 0.717) is 6.61 Å². The fourth-order valence-electron chi connectivity index (χ4n) is 7.07. The van der Waals surface area contributed by atoms with Crippen LogP contribution in [0.4, 0.5) is 0 Å². The third-order valence-electron chi connectivity index (χ3n) is 9.13. The van der Waals surface area contributed by atoms with E-state index >= 15 is 0 Å². The van der Waals surface area contributed by atoms with E-state index in [2.05, 4.69) is 173 Å². The van der Waals surface area contributed by atoms with Crippen LogP contribution in [-0.2, 0) is 0 Å². The lowest BCUT2D eigenvalue weighted by atomic mass is 9.98. The number of fused-ring (bicyclic) bond motifs is 7. The van der Waals surface area contributed by atoms with E-state index in [-0.39, 0.29) is 0 Å². The Labute approximate surface area is 267 Å². The summed E-state index contributed by atoms with van der Waals surface area (Å²) < 4.78 is 11.0. The molecule has 0 amide bonds. The smallest absolute Gasteiger partial charge is 0.127 e. The minimum absolute atomic E-state index is 0.471. The molecule has 0 saturated heterocycles. The number of aromatic nitrogens is 2. The van der Waals surface area contributed by atoms with Gasteiger partial charge in [-0.1, -0.05) is 97.6 Å². The number of hydrogen-bond acceptors (Lipinski definition) is 1. The first-order chi connectivity index (χ1) is 22.7. The number of allylic oxidation sites excluding steroid dienone is 4. The summed E-state index contributed by atoms with van der Waals surface area (Å²) in [6.07, 6.45) is 6.42. The van der Waals surface area contributed by atoms with Crippen LogP contribution in [0.25, 0.3) is 66.1 Å². The van der Waals surface area contributed by atoms with Gasteiger partial charge >= 0.3 is 0 Å². The zero-order valence-corrected chi connectivity index (χ0v) is 25.2. The van der Waals surface area contributed by atoms with Crippen LogP contribution in [0.2, 0.25) is 0 Å². The van der Waals surface area contributed by atoms with Gasteiger partial charge in [0.2, 0.25) is 0 Å². The first-order valence-electron chi connectivity index (χ1n) is 15.7. The van der Waals surface area contributed by atoms with Crippen LogP contribution < -0.4 is 4.74 Å². The molecule has 0 fully saturated rings. The monoisotopic (exact) mass is 590 g/mol. The van der Waals surface area contributed by atoms with Crippen molar-refractivity contribution in [2.24, 2.45) is 0 Å². The van der Waals surface area contributed by atoms with Crippen molar-refractivity contribution in [1.82, 2.24) is 9.13 Å². The summed E-state index contributed by atoms with van der Waals surface area (Å²) in [6, 6.07) is 49.7. The van der Waals surface area contributed by atoms with Gasteiger partial charge in [0.1, 0.15) is 12.4 Å². The van der Waals surface area contributed by atoms with Crippen molar-refractivity contribution in [3.63, 3.8) is 0 Å². The van der Waals surface area contributed by atoms with Gasteiger partial charge in [0.15, 0.2) is 0 Å². The summed E-state index contributed by atoms with van der Waals surface area (Å²) in [4.78, 5) is 0. The number of nitrogens with zero attached hydrogens (tertiary/aromatic N) is 2. The molecule has 0 N–H and O–H groups in total. The molecule has 0 spiro atoms. The highest BCUT2D eigenvalue weighted by Gasteiger charge is 2.16. The SMILES string of the molecule is C=C1/C=C(c2cccc(-n3c4ccccc4c4ccccc43)c2)\C=C/COc2ccc(-n3c4ccccc4c4ccccc43)cc21. The second kappa shape index (κ2) is 10.5. The van der Waals surface area contributed by atoms with Crippen molar-refractivity contribution in [2.45, 2.75) is 0 Å². The van der Waals surface area contributed by atoms with Crippen molar-refractivity contribution >= 4 is 54.8 Å². The Morgan fingerprint density at radius 2 is 1.04 bits per heavy atom. The molecule has 46 heavy (non-hydrogen) atoms. The van der Waals surface area contributed by atoms with Crippen molar-refractivity contribution in [1.29, 1.82) is 0 Å². The van der Waals surface area contributed by atoms with Gasteiger partial charge in [0.05, 0.1) is 22.1 Å². The van der Waals surface area contributed by atoms with Crippen LogP contribution in [0.1, 0.15) is 11.1 Å². The molecule has 218 valence electrons. The van der Waals surface area contributed by atoms with Gasteiger partial charge in [0, 0.05) is 38.5 Å².